The Hall–Kier alpha value is -2.61. The van der Waals surface area contributed by atoms with E-state index in [4.69, 9.17) is 5.11 Å². The van der Waals surface area contributed by atoms with Gasteiger partial charge in [0.15, 0.2) is 0 Å². The van der Waals surface area contributed by atoms with Crippen LogP contribution in [0.4, 0.5) is 24.7 Å². The molecule has 0 aliphatic carbocycles. The summed E-state index contributed by atoms with van der Waals surface area (Å²) in [6.45, 7) is -0.154. The fourth-order valence-corrected chi connectivity index (χ4v) is 1.86. The van der Waals surface area contributed by atoms with Crippen LogP contribution in [0.5, 0.6) is 0 Å². The third-order valence-electron chi connectivity index (χ3n) is 2.90. The summed E-state index contributed by atoms with van der Waals surface area (Å²) in [5.41, 5.74) is -0.474. The summed E-state index contributed by atoms with van der Waals surface area (Å²) in [6, 6.07) is 7.61. The van der Waals surface area contributed by atoms with Crippen LogP contribution in [0, 0.1) is 0 Å². The summed E-state index contributed by atoms with van der Waals surface area (Å²) in [6.07, 6.45) is -3.04. The molecule has 5 nitrogen and oxygen atoms in total. The molecule has 2 rings (SSSR count). The Morgan fingerprint density at radius 1 is 1.22 bits per heavy atom. The van der Waals surface area contributed by atoms with Gasteiger partial charge in [-0.3, -0.25) is 4.79 Å². The minimum Gasteiger partial charge on any atom is -0.395 e. The van der Waals surface area contributed by atoms with Crippen molar-refractivity contribution in [1.29, 1.82) is 0 Å². The van der Waals surface area contributed by atoms with Gasteiger partial charge in [-0.1, -0.05) is 6.07 Å². The number of alkyl halides is 3. The average Bonchev–Trinajstić information content (AvgIpc) is 2.52. The van der Waals surface area contributed by atoms with E-state index >= 15 is 0 Å². The number of aromatic nitrogens is 1. The molecule has 0 unspecified atom stereocenters. The third kappa shape index (κ3) is 4.43. The molecule has 23 heavy (non-hydrogen) atoms. The Morgan fingerprint density at radius 3 is 2.70 bits per heavy atom. The summed E-state index contributed by atoms with van der Waals surface area (Å²) in [5, 5.41) is 13.9. The molecule has 0 aliphatic rings. The molecule has 1 heterocycles. The van der Waals surface area contributed by atoms with Crippen LogP contribution in [0.15, 0.2) is 42.6 Å². The van der Waals surface area contributed by atoms with Gasteiger partial charge in [0.2, 0.25) is 0 Å². The molecule has 0 fully saturated rings. The summed E-state index contributed by atoms with van der Waals surface area (Å²) >= 11 is 0. The highest BCUT2D eigenvalue weighted by molar-refractivity contribution is 5.99. The fourth-order valence-electron chi connectivity index (χ4n) is 1.86. The van der Waals surface area contributed by atoms with E-state index < -0.39 is 17.6 Å². The maximum atomic E-state index is 12.7. The quantitative estimate of drug-likeness (QED) is 0.790. The minimum absolute atomic E-state index is 0.0662. The molecule has 8 heteroatoms. The standard InChI is InChI=1S/C15H14F3N3O2/c16-15(17,18)10-3-1-4-11(9-10)21-13-12(5-2-6-19-13)14(23)20-7-8-22/h1-6,9,22H,7-8H2,(H,19,21)(H,20,23). The van der Waals surface area contributed by atoms with Crippen LogP contribution >= 0.6 is 0 Å². The normalized spacial score (nSPS) is 11.1. The zero-order valence-electron chi connectivity index (χ0n) is 11.9. The molecule has 0 radical (unpaired) electrons. The molecule has 1 aromatic carbocycles. The number of nitrogens with one attached hydrogen (secondary N) is 2. The first-order valence-electron chi connectivity index (χ1n) is 6.70. The van der Waals surface area contributed by atoms with Crippen molar-refractivity contribution >= 4 is 17.4 Å². The number of aliphatic hydroxyl groups excluding tert-OH is 1. The minimum atomic E-state index is -4.46. The Kier molecular flexibility index (Phi) is 5.17. The van der Waals surface area contributed by atoms with E-state index in [9.17, 15) is 18.0 Å². The second kappa shape index (κ2) is 7.10. The number of carbonyl (C=O) groups is 1. The number of nitrogens with zero attached hydrogens (tertiary/aromatic N) is 1. The second-order valence-corrected chi connectivity index (χ2v) is 4.58. The van der Waals surface area contributed by atoms with E-state index in [0.29, 0.717) is 0 Å². The lowest BCUT2D eigenvalue weighted by atomic mass is 10.2. The van der Waals surface area contributed by atoms with Gasteiger partial charge in [0.25, 0.3) is 5.91 Å². The highest BCUT2D eigenvalue weighted by Crippen LogP contribution is 2.31. The van der Waals surface area contributed by atoms with E-state index in [-0.39, 0.29) is 30.2 Å². The number of benzene rings is 1. The van der Waals surface area contributed by atoms with Crippen LogP contribution in [0.2, 0.25) is 0 Å². The van der Waals surface area contributed by atoms with Crippen LogP contribution in [-0.4, -0.2) is 29.1 Å². The number of aliphatic hydroxyl groups is 1. The van der Waals surface area contributed by atoms with E-state index in [1.54, 1.807) is 0 Å². The predicted octanol–water partition coefficient (Wildman–Crippen LogP) is 2.57. The van der Waals surface area contributed by atoms with Crippen molar-refractivity contribution < 1.29 is 23.1 Å². The highest BCUT2D eigenvalue weighted by atomic mass is 19.4. The second-order valence-electron chi connectivity index (χ2n) is 4.58. The Balaban J connectivity index is 2.25. The Bertz CT molecular complexity index is 690. The molecule has 1 amide bonds. The zero-order valence-corrected chi connectivity index (χ0v) is 11.9. The number of amides is 1. The number of halogens is 3. The number of carbonyl (C=O) groups excluding carboxylic acids is 1. The fraction of sp³-hybridized carbons (Fsp3) is 0.200. The van der Waals surface area contributed by atoms with Crippen molar-refractivity contribution in [3.05, 3.63) is 53.7 Å². The van der Waals surface area contributed by atoms with Crippen LogP contribution < -0.4 is 10.6 Å². The molecule has 0 spiro atoms. The first-order chi connectivity index (χ1) is 10.9. The van der Waals surface area contributed by atoms with Crippen LogP contribution in [-0.2, 0) is 6.18 Å². The monoisotopic (exact) mass is 325 g/mol. The summed E-state index contributed by atoms with van der Waals surface area (Å²) in [4.78, 5) is 15.9. The lowest BCUT2D eigenvalue weighted by molar-refractivity contribution is -0.137. The first kappa shape index (κ1) is 16.8. The van der Waals surface area contributed by atoms with Gasteiger partial charge in [-0.15, -0.1) is 0 Å². The van der Waals surface area contributed by atoms with Crippen molar-refractivity contribution in [2.24, 2.45) is 0 Å². The summed E-state index contributed by atoms with van der Waals surface area (Å²) in [7, 11) is 0. The van der Waals surface area contributed by atoms with Crippen LogP contribution in [0.3, 0.4) is 0 Å². The Morgan fingerprint density at radius 2 is 2.00 bits per heavy atom. The average molecular weight is 325 g/mol. The van der Waals surface area contributed by atoms with Gasteiger partial charge >= 0.3 is 6.18 Å². The largest absolute Gasteiger partial charge is 0.416 e. The molecular weight excluding hydrogens is 311 g/mol. The number of hydrogen-bond acceptors (Lipinski definition) is 4. The first-order valence-corrected chi connectivity index (χ1v) is 6.70. The lowest BCUT2D eigenvalue weighted by Crippen LogP contribution is -2.27. The third-order valence-corrected chi connectivity index (χ3v) is 2.90. The van der Waals surface area contributed by atoms with Gasteiger partial charge in [-0.2, -0.15) is 13.2 Å². The van der Waals surface area contributed by atoms with Gasteiger partial charge in [0, 0.05) is 18.4 Å². The molecule has 0 bridgehead atoms. The summed E-state index contributed by atoms with van der Waals surface area (Å²) < 4.78 is 38.2. The molecule has 3 N–H and O–H groups in total. The maximum absolute atomic E-state index is 12.7. The van der Waals surface area contributed by atoms with E-state index in [2.05, 4.69) is 15.6 Å². The number of hydrogen-bond donors (Lipinski definition) is 3. The maximum Gasteiger partial charge on any atom is 0.416 e. The van der Waals surface area contributed by atoms with Crippen LogP contribution in [0.1, 0.15) is 15.9 Å². The van der Waals surface area contributed by atoms with Crippen molar-refractivity contribution in [3.63, 3.8) is 0 Å². The number of rotatable bonds is 5. The van der Waals surface area contributed by atoms with Crippen molar-refractivity contribution in [2.75, 3.05) is 18.5 Å². The molecule has 0 saturated heterocycles. The van der Waals surface area contributed by atoms with Crippen LogP contribution in [0.25, 0.3) is 0 Å². The molecule has 0 saturated carbocycles. The topological polar surface area (TPSA) is 74.2 Å². The lowest BCUT2D eigenvalue weighted by Gasteiger charge is -2.12. The van der Waals surface area contributed by atoms with Gasteiger partial charge in [0.1, 0.15) is 5.82 Å². The van der Waals surface area contributed by atoms with Crippen molar-refractivity contribution in [3.8, 4) is 0 Å². The number of anilines is 2. The zero-order chi connectivity index (χ0) is 16.9. The molecule has 2 aromatic rings. The van der Waals surface area contributed by atoms with E-state index in [1.807, 2.05) is 0 Å². The SMILES string of the molecule is O=C(NCCO)c1cccnc1Nc1cccc(C(F)(F)F)c1. The summed E-state index contributed by atoms with van der Waals surface area (Å²) in [5.74, 6) is -0.358. The Labute approximate surface area is 130 Å². The predicted molar refractivity (Wildman–Crippen MR) is 78.4 cm³/mol. The van der Waals surface area contributed by atoms with E-state index in [0.717, 1.165) is 12.1 Å². The van der Waals surface area contributed by atoms with Gasteiger partial charge in [-0.25, -0.2) is 4.98 Å². The molecule has 0 aliphatic heterocycles. The van der Waals surface area contributed by atoms with Gasteiger partial charge in [-0.05, 0) is 30.3 Å². The molecule has 1 aromatic heterocycles. The van der Waals surface area contributed by atoms with Crippen molar-refractivity contribution in [1.82, 2.24) is 10.3 Å². The van der Waals surface area contributed by atoms with Crippen molar-refractivity contribution in [2.45, 2.75) is 6.18 Å². The van der Waals surface area contributed by atoms with Gasteiger partial charge < -0.3 is 15.7 Å². The molecule has 0 atom stereocenters. The van der Waals surface area contributed by atoms with Gasteiger partial charge in [0.05, 0.1) is 17.7 Å². The smallest absolute Gasteiger partial charge is 0.395 e. The number of pyridine rings is 1. The molecular formula is C15H14F3N3O2. The molecule has 122 valence electrons. The highest BCUT2D eigenvalue weighted by Gasteiger charge is 2.30. The van der Waals surface area contributed by atoms with E-state index in [1.165, 1.54) is 30.5 Å².